The molecule has 0 fully saturated rings. The van der Waals surface area contributed by atoms with Crippen molar-refractivity contribution in [3.63, 3.8) is 0 Å². The summed E-state index contributed by atoms with van der Waals surface area (Å²) in [6.07, 6.45) is 3.21. The van der Waals surface area contributed by atoms with Crippen molar-refractivity contribution in [1.29, 1.82) is 0 Å². The van der Waals surface area contributed by atoms with Crippen LogP contribution in [0.1, 0.15) is 22.3 Å². The normalized spacial score (nSPS) is 10.7. The molecule has 1 aromatic heterocycles. The fourth-order valence-electron chi connectivity index (χ4n) is 0.886. The number of hydrogen-bond donors (Lipinski definition) is 1. The highest BCUT2D eigenvalue weighted by atomic mass is 32.1. The zero-order chi connectivity index (χ0) is 10.4. The lowest BCUT2D eigenvalue weighted by Gasteiger charge is -1.98. The Labute approximate surface area is 85.9 Å². The molecule has 0 amide bonds. The van der Waals surface area contributed by atoms with Crippen LogP contribution >= 0.6 is 11.3 Å². The summed E-state index contributed by atoms with van der Waals surface area (Å²) in [5, 5.41) is 8.58. The Kier molecular flexibility index (Phi) is 4.28. The second-order valence-electron chi connectivity index (χ2n) is 2.37. The third-order valence-corrected chi connectivity index (χ3v) is 2.23. The van der Waals surface area contributed by atoms with E-state index in [4.69, 9.17) is 9.84 Å². The van der Waals surface area contributed by atoms with E-state index in [1.807, 2.05) is 0 Å². The predicted molar refractivity (Wildman–Crippen MR) is 54.2 cm³/mol. The number of aliphatic hydroxyl groups is 1. The van der Waals surface area contributed by atoms with Crippen molar-refractivity contribution in [3.8, 4) is 0 Å². The molecule has 0 aliphatic rings. The molecule has 1 rings (SSSR count). The highest BCUT2D eigenvalue weighted by Crippen LogP contribution is 2.16. The van der Waals surface area contributed by atoms with Crippen molar-refractivity contribution in [2.45, 2.75) is 6.92 Å². The molecular weight excluding hydrogens is 202 g/mol. The summed E-state index contributed by atoms with van der Waals surface area (Å²) in [7, 11) is 0. The highest BCUT2D eigenvalue weighted by Gasteiger charge is 2.13. The van der Waals surface area contributed by atoms with Crippen LogP contribution in [0.4, 0.5) is 0 Å². The van der Waals surface area contributed by atoms with Crippen molar-refractivity contribution in [3.05, 3.63) is 22.2 Å². The molecule has 1 N–H and O–H groups in total. The van der Waals surface area contributed by atoms with Gasteiger partial charge < -0.3 is 9.84 Å². The number of rotatable bonds is 4. The van der Waals surface area contributed by atoms with Crippen molar-refractivity contribution in [2.75, 3.05) is 13.2 Å². The maximum Gasteiger partial charge on any atom is 0.358 e. The average molecular weight is 213 g/mol. The minimum absolute atomic E-state index is 0.0554. The smallest absolute Gasteiger partial charge is 0.358 e. The molecule has 0 atom stereocenters. The van der Waals surface area contributed by atoms with Crippen LogP contribution < -0.4 is 0 Å². The number of ether oxygens (including phenoxy) is 1. The van der Waals surface area contributed by atoms with Crippen LogP contribution in [0.3, 0.4) is 0 Å². The van der Waals surface area contributed by atoms with E-state index < -0.39 is 5.97 Å². The summed E-state index contributed by atoms with van der Waals surface area (Å²) >= 11 is 1.33. The molecule has 76 valence electrons. The Morgan fingerprint density at radius 3 is 3.21 bits per heavy atom. The first-order chi connectivity index (χ1) is 6.79. The lowest BCUT2D eigenvalue weighted by Crippen LogP contribution is -2.06. The lowest BCUT2D eigenvalue weighted by molar-refractivity contribution is 0.0520. The van der Waals surface area contributed by atoms with Gasteiger partial charge in [-0.2, -0.15) is 0 Å². The minimum Gasteiger partial charge on any atom is -0.461 e. The van der Waals surface area contributed by atoms with Crippen molar-refractivity contribution >= 4 is 23.4 Å². The van der Waals surface area contributed by atoms with Gasteiger partial charge >= 0.3 is 5.97 Å². The molecule has 0 spiro atoms. The largest absolute Gasteiger partial charge is 0.461 e. The van der Waals surface area contributed by atoms with Crippen molar-refractivity contribution in [1.82, 2.24) is 4.98 Å². The van der Waals surface area contributed by atoms with Crippen LogP contribution in [0, 0.1) is 0 Å². The third kappa shape index (κ3) is 2.65. The van der Waals surface area contributed by atoms with E-state index in [1.165, 1.54) is 11.3 Å². The van der Waals surface area contributed by atoms with E-state index in [9.17, 15) is 4.79 Å². The number of carbonyl (C=O) groups excluding carboxylic acids is 1. The number of thiazole rings is 1. The highest BCUT2D eigenvalue weighted by molar-refractivity contribution is 7.10. The van der Waals surface area contributed by atoms with Gasteiger partial charge in [-0.1, -0.05) is 6.08 Å². The third-order valence-electron chi connectivity index (χ3n) is 1.44. The van der Waals surface area contributed by atoms with Gasteiger partial charge in [-0.3, -0.25) is 0 Å². The van der Waals surface area contributed by atoms with Crippen molar-refractivity contribution in [2.24, 2.45) is 0 Å². The van der Waals surface area contributed by atoms with Crippen LogP contribution in [0.5, 0.6) is 0 Å². The maximum atomic E-state index is 11.3. The number of hydrogen-bond acceptors (Lipinski definition) is 5. The van der Waals surface area contributed by atoms with Crippen LogP contribution in [0.2, 0.25) is 0 Å². The molecule has 0 unspecified atom stereocenters. The number of carbonyl (C=O) groups is 1. The number of aromatic nitrogens is 1. The Bertz CT molecular complexity index is 333. The first kappa shape index (κ1) is 10.9. The zero-order valence-electron chi connectivity index (χ0n) is 7.77. The molecule has 4 nitrogen and oxygen atoms in total. The zero-order valence-corrected chi connectivity index (χ0v) is 8.58. The molecule has 1 aromatic rings. The van der Waals surface area contributed by atoms with E-state index >= 15 is 0 Å². The first-order valence-corrected chi connectivity index (χ1v) is 5.05. The quantitative estimate of drug-likeness (QED) is 0.766. The first-order valence-electron chi connectivity index (χ1n) is 4.17. The SMILES string of the molecule is CCOC(=O)c1ncsc1C=CCO. The monoisotopic (exact) mass is 213 g/mol. The van der Waals surface area contributed by atoms with Gasteiger partial charge in [-0.25, -0.2) is 9.78 Å². The Hall–Kier alpha value is -1.20. The second kappa shape index (κ2) is 5.51. The number of aliphatic hydroxyl groups excluding tert-OH is 1. The molecule has 5 heteroatoms. The molecule has 0 aliphatic carbocycles. The molecular formula is C9H11NO3S. The molecule has 14 heavy (non-hydrogen) atoms. The van der Waals surface area contributed by atoms with Gasteiger partial charge in [0, 0.05) is 0 Å². The van der Waals surface area contributed by atoms with Gasteiger partial charge in [0.25, 0.3) is 0 Å². The fraction of sp³-hybridized carbons (Fsp3) is 0.333. The van der Waals surface area contributed by atoms with Gasteiger partial charge in [0.1, 0.15) is 0 Å². The van der Waals surface area contributed by atoms with Gasteiger partial charge in [0.05, 0.1) is 23.6 Å². The Balaban J connectivity index is 2.81. The topological polar surface area (TPSA) is 59.4 Å². The van der Waals surface area contributed by atoms with E-state index in [0.717, 1.165) is 0 Å². The molecule has 0 bridgehead atoms. The fourth-order valence-corrected chi connectivity index (χ4v) is 1.58. The van der Waals surface area contributed by atoms with Crippen molar-refractivity contribution < 1.29 is 14.6 Å². The minimum atomic E-state index is -0.425. The molecule has 0 saturated carbocycles. The number of nitrogens with zero attached hydrogens (tertiary/aromatic N) is 1. The van der Waals surface area contributed by atoms with E-state index in [0.29, 0.717) is 17.2 Å². The maximum absolute atomic E-state index is 11.3. The molecule has 0 aliphatic heterocycles. The number of esters is 1. The van der Waals surface area contributed by atoms with Gasteiger partial charge in [0.15, 0.2) is 5.69 Å². The summed E-state index contributed by atoms with van der Waals surface area (Å²) in [6.45, 7) is 2.02. The summed E-state index contributed by atoms with van der Waals surface area (Å²) in [5.41, 5.74) is 1.88. The Morgan fingerprint density at radius 2 is 2.57 bits per heavy atom. The summed E-state index contributed by atoms with van der Waals surface area (Å²) in [6, 6.07) is 0. The van der Waals surface area contributed by atoms with Gasteiger partial charge in [-0.05, 0) is 13.0 Å². The average Bonchev–Trinajstić information content (AvgIpc) is 2.63. The predicted octanol–water partition coefficient (Wildman–Crippen LogP) is 1.33. The Morgan fingerprint density at radius 1 is 1.79 bits per heavy atom. The lowest BCUT2D eigenvalue weighted by atomic mass is 10.3. The molecule has 1 heterocycles. The standard InChI is InChI=1S/C9H11NO3S/c1-2-13-9(12)8-7(4-3-5-11)14-6-10-8/h3-4,6,11H,2,5H2,1H3. The van der Waals surface area contributed by atoms with E-state index in [2.05, 4.69) is 4.98 Å². The summed E-state index contributed by atoms with van der Waals surface area (Å²) < 4.78 is 4.82. The van der Waals surface area contributed by atoms with Crippen LogP contribution in [0.15, 0.2) is 11.6 Å². The molecule has 0 radical (unpaired) electrons. The summed E-state index contributed by atoms with van der Waals surface area (Å²) in [5.74, 6) is -0.425. The van der Waals surface area contributed by atoms with Crippen LogP contribution in [0.25, 0.3) is 6.08 Å². The molecule has 0 aromatic carbocycles. The van der Waals surface area contributed by atoms with Gasteiger partial charge in [0.2, 0.25) is 0 Å². The van der Waals surface area contributed by atoms with Gasteiger partial charge in [-0.15, -0.1) is 11.3 Å². The van der Waals surface area contributed by atoms with Crippen LogP contribution in [-0.2, 0) is 4.74 Å². The summed E-state index contributed by atoms with van der Waals surface area (Å²) in [4.78, 5) is 15.9. The second-order valence-corrected chi connectivity index (χ2v) is 3.26. The molecule has 0 saturated heterocycles. The van der Waals surface area contributed by atoms with E-state index in [-0.39, 0.29) is 6.61 Å². The van der Waals surface area contributed by atoms with Crippen LogP contribution in [-0.4, -0.2) is 29.3 Å². The van der Waals surface area contributed by atoms with E-state index in [1.54, 1.807) is 24.6 Å².